The Kier molecular flexibility index (Phi) is 4.61. The van der Waals surface area contributed by atoms with Gasteiger partial charge in [-0.15, -0.1) is 0 Å². The van der Waals surface area contributed by atoms with Crippen LogP contribution in [0, 0.1) is 0 Å². The van der Waals surface area contributed by atoms with Crippen LogP contribution in [-0.4, -0.2) is 28.5 Å². The maximum Gasteiger partial charge on any atom is 0.359 e. The first kappa shape index (κ1) is 16.9. The summed E-state index contributed by atoms with van der Waals surface area (Å²) in [6, 6.07) is 15.6. The minimum Gasteiger partial charge on any atom is -0.451 e. The van der Waals surface area contributed by atoms with E-state index < -0.39 is 5.97 Å². The zero-order chi connectivity index (χ0) is 18.6. The monoisotopic (exact) mass is 359 g/mol. The predicted octanol–water partition coefficient (Wildman–Crippen LogP) is 3.10. The van der Waals surface area contributed by atoms with Crippen LogP contribution in [0.4, 0.5) is 11.4 Å². The van der Waals surface area contributed by atoms with E-state index in [1.807, 2.05) is 48.5 Å². The Hall–Kier alpha value is -3.54. The van der Waals surface area contributed by atoms with E-state index in [1.54, 1.807) is 4.90 Å². The van der Waals surface area contributed by atoms with E-state index in [0.29, 0.717) is 0 Å². The number of hydrogen-bond donors (Lipinski definition) is 0. The van der Waals surface area contributed by atoms with Gasteiger partial charge in [-0.25, -0.2) is 9.78 Å². The quantitative estimate of drug-likeness (QED) is 0.672. The molecule has 3 aromatic rings. The van der Waals surface area contributed by atoms with Crippen molar-refractivity contribution in [3.63, 3.8) is 0 Å². The molecule has 0 radical (unpaired) electrons. The number of nitrogens with zero attached hydrogens (tertiary/aromatic N) is 3. The average molecular weight is 359 g/mol. The van der Waals surface area contributed by atoms with E-state index in [1.165, 1.54) is 18.6 Å². The number of carbonyl (C=O) groups excluding carboxylic acids is 2. The topological polar surface area (TPSA) is 72.4 Å². The van der Waals surface area contributed by atoms with E-state index in [4.69, 9.17) is 4.74 Å². The number of carbonyl (C=O) groups is 2. The van der Waals surface area contributed by atoms with Crippen LogP contribution in [-0.2, 0) is 22.4 Å². The third kappa shape index (κ3) is 3.42. The predicted molar refractivity (Wildman–Crippen MR) is 99.8 cm³/mol. The molecule has 0 spiro atoms. The number of amides is 1. The van der Waals surface area contributed by atoms with Crippen molar-refractivity contribution in [3.05, 3.63) is 83.9 Å². The van der Waals surface area contributed by atoms with Crippen LogP contribution in [0.5, 0.6) is 0 Å². The molecule has 6 heteroatoms. The highest BCUT2D eigenvalue weighted by Crippen LogP contribution is 2.35. The highest BCUT2D eigenvalue weighted by Gasteiger charge is 2.26. The lowest BCUT2D eigenvalue weighted by molar-refractivity contribution is -0.121. The molecule has 0 saturated heterocycles. The molecule has 6 nitrogen and oxygen atoms in total. The van der Waals surface area contributed by atoms with Gasteiger partial charge in [0.25, 0.3) is 5.91 Å². The molecule has 1 aliphatic heterocycles. The number of rotatable bonds is 3. The van der Waals surface area contributed by atoms with Crippen molar-refractivity contribution < 1.29 is 14.3 Å². The summed E-state index contributed by atoms with van der Waals surface area (Å²) in [5, 5.41) is 0. The van der Waals surface area contributed by atoms with Crippen LogP contribution < -0.4 is 4.90 Å². The molecule has 1 aliphatic rings. The van der Waals surface area contributed by atoms with E-state index >= 15 is 0 Å². The number of hydrogen-bond acceptors (Lipinski definition) is 5. The fourth-order valence-corrected chi connectivity index (χ4v) is 3.22. The number of aryl methyl sites for hydroxylation is 2. The van der Waals surface area contributed by atoms with Crippen LogP contribution >= 0.6 is 0 Å². The third-order valence-electron chi connectivity index (χ3n) is 4.48. The van der Waals surface area contributed by atoms with Crippen molar-refractivity contribution in [2.45, 2.75) is 12.8 Å². The lowest BCUT2D eigenvalue weighted by Gasteiger charge is -2.24. The second-order valence-electron chi connectivity index (χ2n) is 6.15. The fourth-order valence-electron chi connectivity index (χ4n) is 3.22. The molecule has 0 saturated carbocycles. The minimum atomic E-state index is -0.673. The first-order valence-electron chi connectivity index (χ1n) is 8.66. The summed E-state index contributed by atoms with van der Waals surface area (Å²) in [5.74, 6) is -0.984. The molecular formula is C21H17N3O3. The maximum absolute atomic E-state index is 13.0. The van der Waals surface area contributed by atoms with Gasteiger partial charge in [-0.2, -0.15) is 0 Å². The largest absolute Gasteiger partial charge is 0.451 e. The van der Waals surface area contributed by atoms with Gasteiger partial charge in [0.15, 0.2) is 12.3 Å². The normalized spacial score (nSPS) is 12.5. The van der Waals surface area contributed by atoms with Crippen molar-refractivity contribution in [2.24, 2.45) is 0 Å². The first-order chi connectivity index (χ1) is 13.2. The first-order valence-corrected chi connectivity index (χ1v) is 8.66. The molecule has 0 fully saturated rings. The Morgan fingerprint density at radius 1 is 0.926 bits per heavy atom. The maximum atomic E-state index is 13.0. The second kappa shape index (κ2) is 7.37. The summed E-state index contributed by atoms with van der Waals surface area (Å²) in [4.78, 5) is 34.5. The van der Waals surface area contributed by atoms with Crippen molar-refractivity contribution in [1.82, 2.24) is 9.97 Å². The van der Waals surface area contributed by atoms with E-state index in [2.05, 4.69) is 9.97 Å². The summed E-state index contributed by atoms with van der Waals surface area (Å²) in [6.07, 6.45) is 5.86. The van der Waals surface area contributed by atoms with Crippen LogP contribution in [0.15, 0.2) is 67.1 Å². The van der Waals surface area contributed by atoms with E-state index in [9.17, 15) is 9.59 Å². The van der Waals surface area contributed by atoms with Crippen LogP contribution in [0.1, 0.15) is 21.6 Å². The molecule has 1 amide bonds. The number of aromatic nitrogens is 2. The number of fused-ring (bicyclic) bond motifs is 2. The lowest BCUT2D eigenvalue weighted by Crippen LogP contribution is -2.31. The van der Waals surface area contributed by atoms with E-state index in [0.717, 1.165) is 35.3 Å². The zero-order valence-electron chi connectivity index (χ0n) is 14.5. The van der Waals surface area contributed by atoms with Crippen LogP contribution in [0.25, 0.3) is 0 Å². The Balaban J connectivity index is 1.62. The van der Waals surface area contributed by atoms with Crippen molar-refractivity contribution in [3.8, 4) is 0 Å². The van der Waals surface area contributed by atoms with E-state index in [-0.39, 0.29) is 18.2 Å². The Labute approximate surface area is 156 Å². The molecule has 0 aliphatic carbocycles. The average Bonchev–Trinajstić information content (AvgIpc) is 2.89. The van der Waals surface area contributed by atoms with Gasteiger partial charge in [0, 0.05) is 12.4 Å². The van der Waals surface area contributed by atoms with Gasteiger partial charge in [0.2, 0.25) is 0 Å². The van der Waals surface area contributed by atoms with Gasteiger partial charge < -0.3 is 4.74 Å². The Bertz CT molecular complexity index is 941. The van der Waals surface area contributed by atoms with Gasteiger partial charge in [-0.05, 0) is 36.1 Å². The number of esters is 1. The molecule has 2 aromatic carbocycles. The zero-order valence-corrected chi connectivity index (χ0v) is 14.5. The molecule has 0 N–H and O–H groups in total. The number of ether oxygens (including phenoxy) is 1. The summed E-state index contributed by atoms with van der Waals surface area (Å²) >= 11 is 0. The van der Waals surface area contributed by atoms with Crippen molar-refractivity contribution >= 4 is 23.3 Å². The van der Waals surface area contributed by atoms with Gasteiger partial charge in [-0.3, -0.25) is 14.7 Å². The fraction of sp³-hybridized carbons (Fsp3) is 0.143. The highest BCUT2D eigenvalue weighted by molar-refractivity contribution is 6.04. The highest BCUT2D eigenvalue weighted by atomic mass is 16.5. The molecule has 4 rings (SSSR count). The Morgan fingerprint density at radius 2 is 1.56 bits per heavy atom. The standard InChI is InChI=1S/C21H17N3O3/c25-20(14-27-21(26)17-13-22-11-12-23-17)24-18-7-3-1-5-15(18)9-10-16-6-2-4-8-19(16)24/h1-8,11-13H,9-10,14H2. The third-order valence-corrected chi connectivity index (χ3v) is 4.48. The van der Waals surface area contributed by atoms with Crippen molar-refractivity contribution in [1.29, 1.82) is 0 Å². The van der Waals surface area contributed by atoms with Crippen LogP contribution in [0.3, 0.4) is 0 Å². The summed E-state index contributed by atoms with van der Waals surface area (Å²) in [5.41, 5.74) is 3.89. The summed E-state index contributed by atoms with van der Waals surface area (Å²) in [7, 11) is 0. The molecule has 0 unspecified atom stereocenters. The number of anilines is 2. The summed E-state index contributed by atoms with van der Waals surface area (Å²) < 4.78 is 5.18. The molecule has 27 heavy (non-hydrogen) atoms. The van der Waals surface area contributed by atoms with Crippen LogP contribution in [0.2, 0.25) is 0 Å². The van der Waals surface area contributed by atoms with Gasteiger partial charge >= 0.3 is 5.97 Å². The summed E-state index contributed by atoms with van der Waals surface area (Å²) in [6.45, 7) is -0.377. The lowest BCUT2D eigenvalue weighted by atomic mass is 10.0. The number of para-hydroxylation sites is 2. The molecule has 2 heterocycles. The molecule has 0 atom stereocenters. The Morgan fingerprint density at radius 3 is 2.15 bits per heavy atom. The van der Waals surface area contributed by atoms with Gasteiger partial charge in [0.05, 0.1) is 17.6 Å². The number of benzene rings is 2. The SMILES string of the molecule is O=C(OCC(=O)N1c2ccccc2CCc2ccccc21)c1cnccn1. The van der Waals surface area contributed by atoms with Gasteiger partial charge in [-0.1, -0.05) is 36.4 Å². The molecular weight excluding hydrogens is 342 g/mol. The second-order valence-corrected chi connectivity index (χ2v) is 6.15. The smallest absolute Gasteiger partial charge is 0.359 e. The molecule has 0 bridgehead atoms. The minimum absolute atomic E-state index is 0.0713. The molecule has 1 aromatic heterocycles. The molecule has 134 valence electrons. The van der Waals surface area contributed by atoms with Gasteiger partial charge in [0.1, 0.15) is 0 Å². The van der Waals surface area contributed by atoms with Crippen molar-refractivity contribution in [2.75, 3.05) is 11.5 Å².